The number of nitrogens with one attached hydrogen (secondary N) is 2. The monoisotopic (exact) mass is 318 g/mol. The molecular weight excluding hydrogens is 303 g/mol. The lowest BCUT2D eigenvalue weighted by atomic mass is 10.2. The van der Waals surface area contributed by atoms with Gasteiger partial charge < -0.3 is 15.7 Å². The van der Waals surface area contributed by atoms with Crippen LogP contribution in [0.4, 0.5) is 5.69 Å². The molecule has 0 atom stereocenters. The smallest absolute Gasteiger partial charge is 0.335 e. The molecule has 0 radical (unpaired) electrons. The van der Waals surface area contributed by atoms with Gasteiger partial charge in [-0.05, 0) is 12.1 Å². The second kappa shape index (κ2) is 7.47. The summed E-state index contributed by atoms with van der Waals surface area (Å²) in [6.07, 6.45) is 0.269. The molecule has 0 fully saturated rings. The van der Waals surface area contributed by atoms with Crippen LogP contribution < -0.4 is 10.6 Å². The Balaban J connectivity index is 2.73. The molecule has 0 spiro atoms. The average molecular weight is 319 g/mol. The molecule has 0 aliphatic heterocycles. The Morgan fingerprint density at radius 3 is 2.25 bits per heavy atom. The van der Waals surface area contributed by atoms with Crippen molar-refractivity contribution in [1.82, 2.24) is 5.32 Å². The first-order valence-electron chi connectivity index (χ1n) is 6.07. The van der Waals surface area contributed by atoms with Gasteiger partial charge in [-0.3, -0.25) is 4.79 Å². The summed E-state index contributed by atoms with van der Waals surface area (Å²) in [5.41, 5.74) is 0.201. The van der Waals surface area contributed by atoms with E-state index in [4.69, 9.17) is 28.3 Å². The van der Waals surface area contributed by atoms with Crippen molar-refractivity contribution < 1.29 is 14.7 Å². The predicted octanol–water partition coefficient (Wildman–Crippen LogP) is 3.02. The van der Waals surface area contributed by atoms with Crippen molar-refractivity contribution in [3.63, 3.8) is 0 Å². The van der Waals surface area contributed by atoms with E-state index in [9.17, 15) is 9.59 Å². The van der Waals surface area contributed by atoms with Crippen LogP contribution in [0, 0.1) is 0 Å². The highest BCUT2D eigenvalue weighted by Gasteiger charge is 2.14. The molecule has 0 saturated heterocycles. The Labute approximate surface area is 127 Å². The normalized spacial score (nSPS) is 10.7. The van der Waals surface area contributed by atoms with Crippen LogP contribution in [0.25, 0.3) is 0 Å². The minimum absolute atomic E-state index is 0.0283. The number of aromatic carboxylic acids is 1. The lowest BCUT2D eigenvalue weighted by Gasteiger charge is -2.11. The van der Waals surface area contributed by atoms with Gasteiger partial charge >= 0.3 is 5.97 Å². The fraction of sp³-hybridized carbons (Fsp3) is 0.385. The summed E-state index contributed by atoms with van der Waals surface area (Å²) >= 11 is 11.9. The highest BCUT2D eigenvalue weighted by molar-refractivity contribution is 6.40. The number of carbonyl (C=O) groups is 2. The molecule has 5 nitrogen and oxygen atoms in total. The Morgan fingerprint density at radius 1 is 1.25 bits per heavy atom. The standard InChI is InChI=1S/C13H16Cl2N2O3/c1-7(2)16-4-3-11(18)17-12-9(14)5-8(13(19)20)6-10(12)15/h5-7,16H,3-4H2,1-2H3,(H,17,18)(H,19,20). The van der Waals surface area contributed by atoms with Crippen LogP contribution in [0.15, 0.2) is 12.1 Å². The van der Waals surface area contributed by atoms with Gasteiger partial charge in [-0.1, -0.05) is 37.0 Å². The number of hydrogen-bond acceptors (Lipinski definition) is 3. The van der Waals surface area contributed by atoms with E-state index in [1.54, 1.807) is 0 Å². The molecule has 110 valence electrons. The highest BCUT2D eigenvalue weighted by Crippen LogP contribution is 2.32. The minimum Gasteiger partial charge on any atom is -0.478 e. The molecule has 7 heteroatoms. The largest absolute Gasteiger partial charge is 0.478 e. The van der Waals surface area contributed by atoms with E-state index < -0.39 is 5.97 Å². The van der Waals surface area contributed by atoms with E-state index in [-0.39, 0.29) is 33.6 Å². The van der Waals surface area contributed by atoms with Crippen molar-refractivity contribution in [2.24, 2.45) is 0 Å². The summed E-state index contributed by atoms with van der Waals surface area (Å²) in [4.78, 5) is 22.6. The van der Waals surface area contributed by atoms with Crippen molar-refractivity contribution in [2.45, 2.75) is 26.3 Å². The molecule has 1 rings (SSSR count). The zero-order chi connectivity index (χ0) is 15.3. The third-order valence-electron chi connectivity index (χ3n) is 2.46. The summed E-state index contributed by atoms with van der Waals surface area (Å²) < 4.78 is 0. The Hall–Kier alpha value is -1.30. The molecule has 1 aromatic rings. The van der Waals surface area contributed by atoms with Crippen LogP contribution in [0.3, 0.4) is 0 Å². The van der Waals surface area contributed by atoms with Gasteiger partial charge in [0.25, 0.3) is 0 Å². The number of halogens is 2. The molecule has 1 aromatic carbocycles. The van der Waals surface area contributed by atoms with Crippen molar-refractivity contribution in [3.8, 4) is 0 Å². The van der Waals surface area contributed by atoms with Crippen molar-refractivity contribution in [1.29, 1.82) is 0 Å². The quantitative estimate of drug-likeness (QED) is 0.753. The average Bonchev–Trinajstić information content (AvgIpc) is 2.32. The van der Waals surface area contributed by atoms with Crippen LogP contribution in [0.5, 0.6) is 0 Å². The summed E-state index contributed by atoms with van der Waals surface area (Å²) in [6.45, 7) is 4.50. The number of hydrogen-bond donors (Lipinski definition) is 3. The first kappa shape index (κ1) is 16.8. The van der Waals surface area contributed by atoms with E-state index >= 15 is 0 Å². The molecule has 3 N–H and O–H groups in total. The van der Waals surface area contributed by atoms with Crippen LogP contribution in [0.2, 0.25) is 10.0 Å². The maximum Gasteiger partial charge on any atom is 0.335 e. The molecule has 0 aliphatic carbocycles. The SMILES string of the molecule is CC(C)NCCC(=O)Nc1c(Cl)cc(C(=O)O)cc1Cl. The van der Waals surface area contributed by atoms with Crippen molar-refractivity contribution in [2.75, 3.05) is 11.9 Å². The highest BCUT2D eigenvalue weighted by atomic mass is 35.5. The first-order valence-corrected chi connectivity index (χ1v) is 6.82. The summed E-state index contributed by atoms with van der Waals surface area (Å²) in [5, 5.41) is 14.7. The fourth-order valence-electron chi connectivity index (χ4n) is 1.49. The van der Waals surface area contributed by atoms with Gasteiger partial charge in [-0.25, -0.2) is 4.79 Å². The molecule has 0 aromatic heterocycles. The van der Waals surface area contributed by atoms with Gasteiger partial charge in [0, 0.05) is 19.0 Å². The maximum atomic E-state index is 11.7. The van der Waals surface area contributed by atoms with Gasteiger partial charge in [-0.15, -0.1) is 0 Å². The Kier molecular flexibility index (Phi) is 6.26. The fourth-order valence-corrected chi connectivity index (χ4v) is 2.07. The van der Waals surface area contributed by atoms with Gasteiger partial charge in [0.2, 0.25) is 5.91 Å². The predicted molar refractivity (Wildman–Crippen MR) is 79.8 cm³/mol. The van der Waals surface area contributed by atoms with Gasteiger partial charge in [0.1, 0.15) is 0 Å². The molecule has 20 heavy (non-hydrogen) atoms. The lowest BCUT2D eigenvalue weighted by molar-refractivity contribution is -0.116. The number of rotatable bonds is 6. The second-order valence-corrected chi connectivity index (χ2v) is 5.34. The maximum absolute atomic E-state index is 11.7. The summed E-state index contributed by atoms with van der Waals surface area (Å²) in [6, 6.07) is 2.79. The number of anilines is 1. The zero-order valence-corrected chi connectivity index (χ0v) is 12.7. The van der Waals surface area contributed by atoms with Crippen LogP contribution >= 0.6 is 23.2 Å². The third-order valence-corrected chi connectivity index (χ3v) is 3.05. The van der Waals surface area contributed by atoms with E-state index in [1.807, 2.05) is 13.8 Å². The lowest BCUT2D eigenvalue weighted by Crippen LogP contribution is -2.27. The van der Waals surface area contributed by atoms with E-state index in [0.29, 0.717) is 12.6 Å². The topological polar surface area (TPSA) is 78.4 Å². The summed E-state index contributed by atoms with van der Waals surface area (Å²) in [5.74, 6) is -1.38. The summed E-state index contributed by atoms with van der Waals surface area (Å²) in [7, 11) is 0. The van der Waals surface area contributed by atoms with Crippen molar-refractivity contribution >= 4 is 40.8 Å². The number of carboxylic acids is 1. The van der Waals surface area contributed by atoms with Gasteiger partial charge in [-0.2, -0.15) is 0 Å². The molecule has 1 amide bonds. The van der Waals surface area contributed by atoms with E-state index in [0.717, 1.165) is 0 Å². The third kappa shape index (κ3) is 5.00. The van der Waals surface area contributed by atoms with Gasteiger partial charge in [0.05, 0.1) is 21.3 Å². The zero-order valence-electron chi connectivity index (χ0n) is 11.2. The Morgan fingerprint density at radius 2 is 1.80 bits per heavy atom. The molecule has 0 bridgehead atoms. The first-order chi connectivity index (χ1) is 9.31. The number of carbonyl (C=O) groups excluding carboxylic acids is 1. The van der Waals surface area contributed by atoms with Crippen LogP contribution in [-0.4, -0.2) is 29.6 Å². The van der Waals surface area contributed by atoms with Crippen LogP contribution in [-0.2, 0) is 4.79 Å². The molecular formula is C13H16Cl2N2O3. The molecule has 0 heterocycles. The molecule has 0 unspecified atom stereocenters. The minimum atomic E-state index is -1.13. The van der Waals surface area contributed by atoms with E-state index in [2.05, 4.69) is 10.6 Å². The second-order valence-electron chi connectivity index (χ2n) is 4.53. The number of carboxylic acid groups (broad SMARTS) is 1. The Bertz CT molecular complexity index is 495. The molecule has 0 aliphatic rings. The van der Waals surface area contributed by atoms with Crippen molar-refractivity contribution in [3.05, 3.63) is 27.7 Å². The van der Waals surface area contributed by atoms with Crippen LogP contribution in [0.1, 0.15) is 30.6 Å². The van der Waals surface area contributed by atoms with E-state index in [1.165, 1.54) is 12.1 Å². The number of amides is 1. The number of benzene rings is 1. The molecule has 0 saturated carbocycles. The van der Waals surface area contributed by atoms with Gasteiger partial charge in [0.15, 0.2) is 0 Å².